The van der Waals surface area contributed by atoms with Gasteiger partial charge in [0.1, 0.15) is 35.1 Å². The molecule has 0 spiro atoms. The van der Waals surface area contributed by atoms with Gasteiger partial charge in [-0.2, -0.15) is 0 Å². The highest BCUT2D eigenvalue weighted by Gasteiger charge is 2.77. The maximum absolute atomic E-state index is 15.8. The first-order valence-corrected chi connectivity index (χ1v) is 24.6. The highest BCUT2D eigenvalue weighted by atomic mass is 16.6. The minimum Gasteiger partial charge on any atom is -0.460 e. The first kappa shape index (κ1) is 54.1. The third-order valence-electron chi connectivity index (χ3n) is 15.3. The number of esters is 6. The van der Waals surface area contributed by atoms with Gasteiger partial charge in [0.05, 0.1) is 35.8 Å². The number of aliphatic hydroxyl groups is 2. The van der Waals surface area contributed by atoms with Crippen LogP contribution in [0.4, 0.5) is 0 Å². The van der Waals surface area contributed by atoms with E-state index in [-0.39, 0.29) is 35.1 Å². The molecule has 3 saturated carbocycles. The first-order chi connectivity index (χ1) is 34.2. The van der Waals surface area contributed by atoms with Crippen molar-refractivity contribution in [3.63, 3.8) is 0 Å². The number of hydrogen-bond donors (Lipinski definition) is 3. The van der Waals surface area contributed by atoms with Gasteiger partial charge in [-0.15, -0.1) is 0 Å². The van der Waals surface area contributed by atoms with Gasteiger partial charge in [0.2, 0.25) is 6.10 Å². The zero-order chi connectivity index (χ0) is 53.4. The number of fused-ring (bicyclic) bond motifs is 5. The van der Waals surface area contributed by atoms with Crippen molar-refractivity contribution in [2.75, 3.05) is 0 Å². The Morgan fingerprint density at radius 3 is 1.90 bits per heavy atom. The first-order valence-electron chi connectivity index (χ1n) is 24.6. The third-order valence-corrected chi connectivity index (χ3v) is 15.3. The average Bonchev–Trinajstić information content (AvgIpc) is 3.32. The van der Waals surface area contributed by atoms with Crippen LogP contribution >= 0.6 is 0 Å². The van der Waals surface area contributed by atoms with Gasteiger partial charge < -0.3 is 44.0 Å². The minimum atomic E-state index is -2.44. The van der Waals surface area contributed by atoms with Gasteiger partial charge in [0.15, 0.2) is 11.9 Å². The van der Waals surface area contributed by atoms with E-state index >= 15 is 9.59 Å². The van der Waals surface area contributed by atoms with Crippen LogP contribution in [0.15, 0.2) is 102 Å². The Labute approximate surface area is 424 Å². The Bertz CT molecular complexity index is 2660. The van der Waals surface area contributed by atoms with E-state index in [1.165, 1.54) is 45.0 Å². The molecule has 4 aliphatic carbocycles. The molecule has 73 heavy (non-hydrogen) atoms. The van der Waals surface area contributed by atoms with E-state index in [2.05, 4.69) is 5.32 Å². The summed E-state index contributed by atoms with van der Waals surface area (Å²) in [4.78, 5) is 113. The van der Waals surface area contributed by atoms with Gasteiger partial charge in [-0.1, -0.05) is 80.6 Å². The zero-order valence-corrected chi connectivity index (χ0v) is 42.6. The van der Waals surface area contributed by atoms with E-state index in [4.69, 9.17) is 28.4 Å². The summed E-state index contributed by atoms with van der Waals surface area (Å²) in [6, 6.07) is 22.6. The molecule has 2 unspecified atom stereocenters. The van der Waals surface area contributed by atoms with Crippen LogP contribution in [0.1, 0.15) is 133 Å². The molecular formula is C56H65NO16. The fourth-order valence-electron chi connectivity index (χ4n) is 11.6. The summed E-state index contributed by atoms with van der Waals surface area (Å²) in [5.74, 6) is -9.18. The van der Waals surface area contributed by atoms with Crippen molar-refractivity contribution in [2.24, 2.45) is 22.7 Å². The molecule has 3 aromatic carbocycles. The number of ketones is 1. The van der Waals surface area contributed by atoms with Crippen LogP contribution in [0.25, 0.3) is 0 Å². The number of aliphatic hydroxyl groups excluding tert-OH is 1. The van der Waals surface area contributed by atoms with E-state index in [1.807, 2.05) is 0 Å². The van der Waals surface area contributed by atoms with Crippen LogP contribution < -0.4 is 5.32 Å². The summed E-state index contributed by atoms with van der Waals surface area (Å²) in [6.45, 7) is 13.3. The number of hydrogen-bond acceptors (Lipinski definition) is 16. The number of ether oxygens (including phenoxy) is 6. The topological polar surface area (TPSA) is 244 Å². The molecule has 4 aliphatic rings. The van der Waals surface area contributed by atoms with Crippen molar-refractivity contribution in [3.8, 4) is 0 Å². The highest BCUT2D eigenvalue weighted by molar-refractivity contribution is 5.96. The molecule has 17 nitrogen and oxygen atoms in total. The lowest BCUT2D eigenvalue weighted by atomic mass is 9.41. The van der Waals surface area contributed by atoms with Gasteiger partial charge in [-0.25, -0.2) is 9.59 Å². The van der Waals surface area contributed by atoms with Crippen LogP contribution in [0.2, 0.25) is 0 Å². The molecule has 7 rings (SSSR count). The second-order valence-corrected chi connectivity index (χ2v) is 21.3. The Kier molecular flexibility index (Phi) is 15.3. The Hall–Kier alpha value is -6.72. The van der Waals surface area contributed by atoms with Crippen LogP contribution in [-0.4, -0.2) is 105 Å². The van der Waals surface area contributed by atoms with Crippen molar-refractivity contribution in [1.82, 2.24) is 5.32 Å². The van der Waals surface area contributed by atoms with Gasteiger partial charge in [-0.05, 0) is 94.9 Å². The zero-order valence-electron chi connectivity index (χ0n) is 42.6. The third kappa shape index (κ3) is 10.4. The summed E-state index contributed by atoms with van der Waals surface area (Å²) in [7, 11) is 0. The standard InChI is InChI=1S/C56H65NO16/c1-31-38(69-51(66)45(70-40(61)25-26-41(62)73-52(4,5)6)43(34-19-13-10-14-20-34)57-49(64)35-21-15-11-16-22-35)30-56(67)48(71-50(65)36-23-17-12-18-24-36)46-54(9,39(60)29-37-27-28-55(37,46)72-33(3)59)47(63)44(68-32(2)58)42(31)53(56,7)8/h10-24,37-39,43-46,48,60,67H,25-30H2,1-9H3,(H,57,64)/t37-,38?,39+,43?,44-,45-,46+,48+,54-,55+,56-/m1/s1. The predicted octanol–water partition coefficient (Wildman–Crippen LogP) is 6.42. The number of carbonyl (C=O) groups excluding carboxylic acids is 8. The second kappa shape index (κ2) is 20.7. The largest absolute Gasteiger partial charge is 0.460 e. The lowest BCUT2D eigenvalue weighted by molar-refractivity contribution is -0.296. The molecule has 0 aromatic heterocycles. The maximum atomic E-state index is 15.8. The van der Waals surface area contributed by atoms with Gasteiger partial charge in [0, 0.05) is 37.2 Å². The highest BCUT2D eigenvalue weighted by Crippen LogP contribution is 2.67. The second-order valence-electron chi connectivity index (χ2n) is 21.3. The van der Waals surface area contributed by atoms with Crippen molar-refractivity contribution in [1.29, 1.82) is 0 Å². The lowest BCUT2D eigenvalue weighted by Crippen LogP contribution is -2.78. The van der Waals surface area contributed by atoms with Crippen molar-refractivity contribution in [3.05, 3.63) is 119 Å². The summed E-state index contributed by atoms with van der Waals surface area (Å²) in [5, 5.41) is 29.1. The van der Waals surface area contributed by atoms with Gasteiger partial charge in [-0.3, -0.25) is 28.8 Å². The fraction of sp³-hybridized carbons (Fsp3) is 0.500. The van der Waals surface area contributed by atoms with E-state index in [9.17, 15) is 39.0 Å². The number of nitrogens with one attached hydrogen (secondary N) is 1. The van der Waals surface area contributed by atoms with E-state index < -0.39 is 143 Å². The molecule has 3 fully saturated rings. The molecule has 390 valence electrons. The number of benzene rings is 3. The summed E-state index contributed by atoms with van der Waals surface area (Å²) >= 11 is 0. The molecule has 17 heteroatoms. The molecular weight excluding hydrogens is 943 g/mol. The summed E-state index contributed by atoms with van der Waals surface area (Å²) < 4.78 is 36.4. The lowest BCUT2D eigenvalue weighted by Gasteiger charge is -2.68. The molecule has 0 radical (unpaired) electrons. The number of amides is 1. The monoisotopic (exact) mass is 1010 g/mol. The van der Waals surface area contributed by atoms with Crippen LogP contribution in [0, 0.1) is 22.7 Å². The molecule has 0 aliphatic heterocycles. The Morgan fingerprint density at radius 1 is 0.781 bits per heavy atom. The molecule has 0 saturated heterocycles. The molecule has 3 aromatic rings. The number of rotatable bonds is 14. The summed E-state index contributed by atoms with van der Waals surface area (Å²) in [6.07, 6.45) is -9.79. The molecule has 11 atom stereocenters. The molecule has 2 bridgehead atoms. The van der Waals surface area contributed by atoms with Gasteiger partial charge in [0.25, 0.3) is 5.91 Å². The van der Waals surface area contributed by atoms with Crippen LogP contribution in [0.3, 0.4) is 0 Å². The predicted molar refractivity (Wildman–Crippen MR) is 260 cm³/mol. The average molecular weight is 1010 g/mol. The normalized spacial score (nSPS) is 28.9. The number of carbonyl (C=O) groups is 8. The fourth-order valence-corrected chi connectivity index (χ4v) is 11.6. The Balaban J connectivity index is 1.40. The molecule has 3 N–H and O–H groups in total. The number of Topliss-reactive ketones (excluding diaryl/α,β-unsaturated/α-hetero) is 1. The van der Waals surface area contributed by atoms with E-state index in [0.29, 0.717) is 12.0 Å². The SMILES string of the molecule is CC(=O)O[C@H]1C(=O)[C@@]2(C)[C@H]([C@H](OC(=O)c3ccccc3)[C@]3(O)CC(OC(=O)[C@H](OC(=O)CCC(=O)OC(C)(C)C)C(NC(=O)c4ccccc4)c4ccccc4)C(C)=C1C3(C)C)[C@]1(OC(C)=O)CC[C@@H]1C[C@@H]2O. The van der Waals surface area contributed by atoms with Gasteiger partial charge >= 0.3 is 35.8 Å². The quantitative estimate of drug-likeness (QED) is 0.0896. The van der Waals surface area contributed by atoms with Crippen molar-refractivity contribution >= 4 is 47.5 Å². The minimum absolute atomic E-state index is 0.0282. The van der Waals surface area contributed by atoms with E-state index in [0.717, 1.165) is 6.92 Å². The van der Waals surface area contributed by atoms with Crippen LogP contribution in [0.5, 0.6) is 0 Å². The van der Waals surface area contributed by atoms with E-state index in [1.54, 1.807) is 101 Å². The smallest absolute Gasteiger partial charge is 0.350 e. The van der Waals surface area contributed by atoms with Crippen molar-refractivity contribution < 1.29 is 77.0 Å². The van der Waals surface area contributed by atoms with Crippen molar-refractivity contribution in [2.45, 2.75) is 154 Å². The molecule has 1 amide bonds. The maximum Gasteiger partial charge on any atom is 0.350 e. The Morgan fingerprint density at radius 2 is 1.36 bits per heavy atom. The van der Waals surface area contributed by atoms with Crippen LogP contribution in [-0.2, 0) is 57.2 Å². The summed E-state index contributed by atoms with van der Waals surface area (Å²) in [5.41, 5.74) is -8.03. The molecule has 0 heterocycles.